The summed E-state index contributed by atoms with van der Waals surface area (Å²) in [5.74, 6) is 0.799. The maximum atomic E-state index is 6.14. The average molecular weight is 284 g/mol. The first-order chi connectivity index (χ1) is 8.20. The van der Waals surface area contributed by atoms with Gasteiger partial charge in [0, 0.05) is 20.9 Å². The van der Waals surface area contributed by atoms with Crippen LogP contribution in [0.15, 0.2) is 23.6 Å². The standard InChI is InChI=1S/C12H7Cl2NOS/c1-16-6-2-3-9-7(4-6)11-10(12(14)15-9)8(13)5-17-11/h2-5H,1H3. The van der Waals surface area contributed by atoms with Crippen molar-refractivity contribution < 1.29 is 4.74 Å². The Morgan fingerprint density at radius 1 is 1.29 bits per heavy atom. The number of hydrogen-bond acceptors (Lipinski definition) is 3. The predicted octanol–water partition coefficient (Wildman–Crippen LogP) is 4.76. The minimum Gasteiger partial charge on any atom is -0.497 e. The summed E-state index contributed by atoms with van der Waals surface area (Å²) in [6, 6.07) is 5.72. The lowest BCUT2D eigenvalue weighted by atomic mass is 10.2. The quantitative estimate of drug-likeness (QED) is 0.601. The van der Waals surface area contributed by atoms with Crippen molar-refractivity contribution in [1.82, 2.24) is 4.98 Å². The van der Waals surface area contributed by atoms with Crippen molar-refractivity contribution in [3.8, 4) is 5.75 Å². The molecule has 3 rings (SSSR count). The molecule has 0 saturated heterocycles. The molecule has 0 aliphatic heterocycles. The lowest BCUT2D eigenvalue weighted by Crippen LogP contribution is -1.85. The highest BCUT2D eigenvalue weighted by Crippen LogP contribution is 2.39. The molecule has 2 nitrogen and oxygen atoms in total. The molecular weight excluding hydrogens is 277 g/mol. The van der Waals surface area contributed by atoms with Gasteiger partial charge in [-0.15, -0.1) is 11.3 Å². The van der Waals surface area contributed by atoms with Gasteiger partial charge in [-0.3, -0.25) is 0 Å². The zero-order valence-electron chi connectivity index (χ0n) is 8.83. The van der Waals surface area contributed by atoms with Gasteiger partial charge in [0.2, 0.25) is 0 Å². The van der Waals surface area contributed by atoms with E-state index in [1.54, 1.807) is 18.4 Å². The molecule has 1 aromatic carbocycles. The maximum absolute atomic E-state index is 6.14. The van der Waals surface area contributed by atoms with E-state index in [0.717, 1.165) is 26.7 Å². The average Bonchev–Trinajstić information content (AvgIpc) is 2.72. The van der Waals surface area contributed by atoms with Gasteiger partial charge in [-0.25, -0.2) is 4.98 Å². The third-order valence-electron chi connectivity index (χ3n) is 2.62. The lowest BCUT2D eigenvalue weighted by molar-refractivity contribution is 0.415. The van der Waals surface area contributed by atoms with Crippen molar-refractivity contribution in [3.05, 3.63) is 33.8 Å². The number of methoxy groups -OCH3 is 1. The van der Waals surface area contributed by atoms with Crippen molar-refractivity contribution in [2.75, 3.05) is 7.11 Å². The van der Waals surface area contributed by atoms with Crippen molar-refractivity contribution in [2.45, 2.75) is 0 Å². The van der Waals surface area contributed by atoms with Crippen LogP contribution in [0.2, 0.25) is 10.2 Å². The van der Waals surface area contributed by atoms with Crippen molar-refractivity contribution in [2.24, 2.45) is 0 Å². The van der Waals surface area contributed by atoms with Crippen LogP contribution in [0.1, 0.15) is 0 Å². The van der Waals surface area contributed by atoms with Gasteiger partial charge in [0.15, 0.2) is 0 Å². The maximum Gasteiger partial charge on any atom is 0.139 e. The first kappa shape index (κ1) is 11.1. The molecule has 0 spiro atoms. The van der Waals surface area contributed by atoms with Crippen molar-refractivity contribution in [1.29, 1.82) is 0 Å². The minimum atomic E-state index is 0.448. The van der Waals surface area contributed by atoms with Crippen LogP contribution < -0.4 is 4.74 Å². The molecule has 0 saturated carbocycles. The van der Waals surface area contributed by atoms with Crippen LogP contribution >= 0.6 is 34.5 Å². The van der Waals surface area contributed by atoms with Gasteiger partial charge in [-0.05, 0) is 18.2 Å². The molecule has 0 radical (unpaired) electrons. The van der Waals surface area contributed by atoms with Crippen molar-refractivity contribution >= 4 is 55.5 Å². The molecule has 5 heteroatoms. The Morgan fingerprint density at radius 2 is 2.12 bits per heavy atom. The van der Waals surface area contributed by atoms with Crippen LogP contribution in [-0.2, 0) is 0 Å². The zero-order chi connectivity index (χ0) is 12.0. The van der Waals surface area contributed by atoms with Crippen LogP contribution in [-0.4, -0.2) is 12.1 Å². The number of ether oxygens (including phenoxy) is 1. The van der Waals surface area contributed by atoms with E-state index in [4.69, 9.17) is 27.9 Å². The Bertz CT molecular complexity index is 723. The highest BCUT2D eigenvalue weighted by atomic mass is 35.5. The number of hydrogen-bond donors (Lipinski definition) is 0. The molecule has 2 aromatic heterocycles. The molecule has 3 aromatic rings. The molecule has 86 valence electrons. The summed E-state index contributed by atoms with van der Waals surface area (Å²) in [6.07, 6.45) is 0. The molecule has 2 heterocycles. The van der Waals surface area contributed by atoms with E-state index in [1.165, 1.54) is 0 Å². The van der Waals surface area contributed by atoms with Gasteiger partial charge >= 0.3 is 0 Å². The van der Waals surface area contributed by atoms with Gasteiger partial charge in [0.05, 0.1) is 17.6 Å². The highest BCUT2D eigenvalue weighted by molar-refractivity contribution is 7.19. The largest absolute Gasteiger partial charge is 0.497 e. The van der Waals surface area contributed by atoms with Crippen LogP contribution in [0.25, 0.3) is 21.0 Å². The monoisotopic (exact) mass is 283 g/mol. The molecule has 0 atom stereocenters. The van der Waals surface area contributed by atoms with E-state index in [2.05, 4.69) is 4.98 Å². The minimum absolute atomic E-state index is 0.448. The summed E-state index contributed by atoms with van der Waals surface area (Å²) in [6.45, 7) is 0. The van der Waals surface area contributed by atoms with Crippen LogP contribution in [0, 0.1) is 0 Å². The van der Waals surface area contributed by atoms with Gasteiger partial charge in [0.25, 0.3) is 0 Å². The van der Waals surface area contributed by atoms with Crippen molar-refractivity contribution in [3.63, 3.8) is 0 Å². The van der Waals surface area contributed by atoms with E-state index < -0.39 is 0 Å². The number of fused-ring (bicyclic) bond motifs is 3. The smallest absolute Gasteiger partial charge is 0.139 e. The number of benzene rings is 1. The summed E-state index contributed by atoms with van der Waals surface area (Å²) in [7, 11) is 1.64. The topological polar surface area (TPSA) is 22.1 Å². The molecule has 0 aliphatic rings. The van der Waals surface area contributed by atoms with Crippen LogP contribution in [0.3, 0.4) is 0 Å². The normalized spacial score (nSPS) is 11.2. The molecule has 0 fully saturated rings. The first-order valence-corrected chi connectivity index (χ1v) is 6.54. The lowest BCUT2D eigenvalue weighted by Gasteiger charge is -2.04. The summed E-state index contributed by atoms with van der Waals surface area (Å²) >= 11 is 13.8. The summed E-state index contributed by atoms with van der Waals surface area (Å²) in [5, 5.41) is 4.80. The van der Waals surface area contributed by atoms with Gasteiger partial charge in [-0.1, -0.05) is 23.2 Å². The van der Waals surface area contributed by atoms with E-state index in [-0.39, 0.29) is 0 Å². The van der Waals surface area contributed by atoms with Gasteiger partial charge in [-0.2, -0.15) is 0 Å². The molecule has 0 N–H and O–H groups in total. The molecule has 0 unspecified atom stereocenters. The first-order valence-electron chi connectivity index (χ1n) is 4.90. The number of nitrogens with zero attached hydrogens (tertiary/aromatic N) is 1. The number of aromatic nitrogens is 1. The second-order valence-electron chi connectivity index (χ2n) is 3.57. The van der Waals surface area contributed by atoms with E-state index >= 15 is 0 Å². The highest BCUT2D eigenvalue weighted by Gasteiger charge is 2.12. The van der Waals surface area contributed by atoms with E-state index in [0.29, 0.717) is 10.2 Å². The second kappa shape index (κ2) is 4.02. The number of pyridine rings is 1. The molecular formula is C12H7Cl2NOS. The van der Waals surface area contributed by atoms with Gasteiger partial charge in [0.1, 0.15) is 10.9 Å². The Labute approximate surface area is 112 Å². The summed E-state index contributed by atoms with van der Waals surface area (Å²) < 4.78 is 6.26. The molecule has 17 heavy (non-hydrogen) atoms. The van der Waals surface area contributed by atoms with E-state index in [1.807, 2.05) is 23.6 Å². The SMILES string of the molecule is COc1ccc2nc(Cl)c3c(Cl)csc3c2c1. The second-order valence-corrected chi connectivity index (χ2v) is 5.22. The zero-order valence-corrected chi connectivity index (χ0v) is 11.2. The molecule has 0 amide bonds. The van der Waals surface area contributed by atoms with E-state index in [9.17, 15) is 0 Å². The Kier molecular flexibility index (Phi) is 2.62. The number of thiophene rings is 1. The fourth-order valence-corrected chi connectivity index (χ4v) is 3.53. The van der Waals surface area contributed by atoms with Gasteiger partial charge < -0.3 is 4.74 Å². The van der Waals surface area contributed by atoms with Crippen LogP contribution in [0.5, 0.6) is 5.75 Å². The Morgan fingerprint density at radius 3 is 2.88 bits per heavy atom. The predicted molar refractivity (Wildman–Crippen MR) is 73.7 cm³/mol. The third-order valence-corrected chi connectivity index (χ3v) is 4.33. The fraction of sp³-hybridized carbons (Fsp3) is 0.0833. The molecule has 0 aliphatic carbocycles. The third kappa shape index (κ3) is 1.66. The number of rotatable bonds is 1. The number of halogens is 2. The molecule has 0 bridgehead atoms. The summed E-state index contributed by atoms with van der Waals surface area (Å²) in [4.78, 5) is 4.34. The van der Waals surface area contributed by atoms with Crippen LogP contribution in [0.4, 0.5) is 0 Å². The Hall–Kier alpha value is -1.03. The Balaban J connectivity index is 2.51. The fourth-order valence-electron chi connectivity index (χ4n) is 1.81. The summed E-state index contributed by atoms with van der Waals surface area (Å²) in [5.41, 5.74) is 0.849.